The third-order valence-corrected chi connectivity index (χ3v) is 18.4. The summed E-state index contributed by atoms with van der Waals surface area (Å²) in [6, 6.07) is 0. The van der Waals surface area contributed by atoms with E-state index in [0.717, 1.165) is 35.7 Å². The van der Waals surface area contributed by atoms with E-state index in [-0.39, 0.29) is 0 Å². The lowest BCUT2D eigenvalue weighted by Gasteiger charge is -2.20. The highest BCUT2D eigenvalue weighted by atomic mass is 32.9. The average molecular weight is 399 g/mol. The van der Waals surface area contributed by atoms with Crippen molar-refractivity contribution >= 4 is 69.1 Å². The van der Waals surface area contributed by atoms with Gasteiger partial charge in [-0.2, -0.15) is 0 Å². The quantitative estimate of drug-likeness (QED) is 0.231. The van der Waals surface area contributed by atoms with Gasteiger partial charge >= 0.3 is 0 Å². The fraction of sp³-hybridized carbons (Fsp3) is 1.00. The Morgan fingerprint density at radius 3 is 1.42 bits per heavy atom. The SMILES string of the molecule is CCOP(=S)(CC)SCSCSP(=S)(CC)OCC. The Hall–Kier alpha value is 2.27. The lowest BCUT2D eigenvalue weighted by Crippen LogP contribution is -1.90. The molecular formula is C10H24O2P2S5. The zero-order chi connectivity index (χ0) is 14.8. The van der Waals surface area contributed by atoms with Crippen molar-refractivity contribution in [2.45, 2.75) is 27.7 Å². The van der Waals surface area contributed by atoms with E-state index in [2.05, 4.69) is 13.8 Å². The molecule has 2 unspecified atom stereocenters. The molecule has 19 heavy (non-hydrogen) atoms. The van der Waals surface area contributed by atoms with Crippen LogP contribution >= 0.6 is 45.5 Å². The van der Waals surface area contributed by atoms with Gasteiger partial charge in [0.25, 0.3) is 0 Å². The predicted molar refractivity (Wildman–Crippen MR) is 105 cm³/mol. The molecule has 0 bridgehead atoms. The summed E-state index contributed by atoms with van der Waals surface area (Å²) >= 11 is 16.7. The molecule has 116 valence electrons. The van der Waals surface area contributed by atoms with Gasteiger partial charge < -0.3 is 9.05 Å². The second-order valence-corrected chi connectivity index (χ2v) is 20.4. The molecule has 0 aromatic carbocycles. The molecule has 0 aliphatic heterocycles. The summed E-state index contributed by atoms with van der Waals surface area (Å²) in [6.45, 7) is 9.71. The maximum Gasteiger partial charge on any atom is 0.120 e. The summed E-state index contributed by atoms with van der Waals surface area (Å²) in [4.78, 5) is 0. The van der Waals surface area contributed by atoms with Crippen LogP contribution in [0.3, 0.4) is 0 Å². The molecule has 2 nitrogen and oxygen atoms in total. The first-order chi connectivity index (χ1) is 8.95. The Kier molecular flexibility index (Phi) is 13.2. The minimum absolute atomic E-state index is 0.721. The van der Waals surface area contributed by atoms with E-state index >= 15 is 0 Å². The maximum atomic E-state index is 5.72. The highest BCUT2D eigenvalue weighted by Crippen LogP contribution is 2.63. The third-order valence-electron chi connectivity index (χ3n) is 2.09. The van der Waals surface area contributed by atoms with E-state index < -0.39 is 10.9 Å². The molecule has 0 fully saturated rings. The zero-order valence-corrected chi connectivity index (χ0v) is 17.9. The number of thioether (sulfide) groups is 1. The first-order valence-corrected chi connectivity index (χ1v) is 16.4. The van der Waals surface area contributed by atoms with Crippen molar-refractivity contribution in [2.24, 2.45) is 0 Å². The first-order valence-electron chi connectivity index (χ1n) is 6.29. The minimum Gasteiger partial charge on any atom is -0.342 e. The smallest absolute Gasteiger partial charge is 0.120 e. The molecule has 0 rings (SSSR count). The molecule has 0 aromatic rings. The Morgan fingerprint density at radius 2 is 1.16 bits per heavy atom. The molecule has 0 saturated carbocycles. The van der Waals surface area contributed by atoms with E-state index in [4.69, 9.17) is 32.7 Å². The molecule has 0 aliphatic carbocycles. The lowest BCUT2D eigenvalue weighted by atomic mass is 10.9. The van der Waals surface area contributed by atoms with E-state index in [1.807, 2.05) is 48.4 Å². The summed E-state index contributed by atoms with van der Waals surface area (Å²) < 4.78 is 11.4. The zero-order valence-electron chi connectivity index (χ0n) is 12.0. The van der Waals surface area contributed by atoms with Crippen molar-refractivity contribution in [1.82, 2.24) is 0 Å². The van der Waals surface area contributed by atoms with Crippen LogP contribution in [0.15, 0.2) is 0 Å². The fourth-order valence-electron chi connectivity index (χ4n) is 1.10. The van der Waals surface area contributed by atoms with Gasteiger partial charge in [-0.05, 0) is 13.8 Å². The van der Waals surface area contributed by atoms with Crippen LogP contribution in [-0.2, 0) is 32.7 Å². The Morgan fingerprint density at radius 1 is 0.789 bits per heavy atom. The topological polar surface area (TPSA) is 18.5 Å². The monoisotopic (exact) mass is 398 g/mol. The van der Waals surface area contributed by atoms with Gasteiger partial charge in [-0.25, -0.2) is 0 Å². The third kappa shape index (κ3) is 9.80. The van der Waals surface area contributed by atoms with E-state index in [0.29, 0.717) is 0 Å². The fourth-order valence-corrected chi connectivity index (χ4v) is 14.9. The highest BCUT2D eigenvalue weighted by Gasteiger charge is 2.17. The van der Waals surface area contributed by atoms with Crippen LogP contribution in [-0.4, -0.2) is 35.7 Å². The van der Waals surface area contributed by atoms with Crippen LogP contribution in [0.4, 0.5) is 0 Å². The molecule has 0 radical (unpaired) electrons. The molecule has 0 aliphatic rings. The van der Waals surface area contributed by atoms with Crippen molar-refractivity contribution in [2.75, 3.05) is 35.7 Å². The van der Waals surface area contributed by atoms with Crippen molar-refractivity contribution in [3.63, 3.8) is 0 Å². The van der Waals surface area contributed by atoms with Crippen LogP contribution in [0.5, 0.6) is 0 Å². The van der Waals surface area contributed by atoms with E-state index in [9.17, 15) is 0 Å². The van der Waals surface area contributed by atoms with Gasteiger partial charge in [0.2, 0.25) is 0 Å². The summed E-state index contributed by atoms with van der Waals surface area (Å²) in [5, 5.41) is 1.98. The van der Waals surface area contributed by atoms with E-state index in [1.165, 1.54) is 0 Å². The van der Waals surface area contributed by atoms with Gasteiger partial charge in [0, 0.05) is 35.7 Å². The van der Waals surface area contributed by atoms with Crippen molar-refractivity contribution in [3.8, 4) is 0 Å². The van der Waals surface area contributed by atoms with Crippen molar-refractivity contribution in [3.05, 3.63) is 0 Å². The van der Waals surface area contributed by atoms with Crippen LogP contribution in [0, 0.1) is 0 Å². The molecule has 0 amide bonds. The first kappa shape index (κ1) is 21.3. The molecule has 0 N–H and O–H groups in total. The van der Waals surface area contributed by atoms with Gasteiger partial charge in [0.05, 0.1) is 0 Å². The number of hydrogen-bond donors (Lipinski definition) is 0. The molecule has 0 saturated heterocycles. The summed E-state index contributed by atoms with van der Waals surface area (Å²) in [6.07, 6.45) is 1.92. The van der Waals surface area contributed by atoms with Crippen LogP contribution in [0.25, 0.3) is 0 Å². The predicted octanol–water partition coefficient (Wildman–Crippen LogP) is 5.83. The van der Waals surface area contributed by atoms with Crippen molar-refractivity contribution < 1.29 is 9.05 Å². The summed E-state index contributed by atoms with van der Waals surface area (Å²) in [5.74, 6) is 0. The standard InChI is InChI=1S/C10H24O2P2S5/c1-5-11-13(15,7-3)18-9-17-10-19-14(16,8-4)12-6-2/h5-10H2,1-4H3. The van der Waals surface area contributed by atoms with Crippen LogP contribution < -0.4 is 0 Å². The van der Waals surface area contributed by atoms with Gasteiger partial charge in [0.15, 0.2) is 0 Å². The van der Waals surface area contributed by atoms with Crippen LogP contribution in [0.2, 0.25) is 0 Å². The molecule has 9 heteroatoms. The second-order valence-electron chi connectivity index (χ2n) is 3.39. The van der Waals surface area contributed by atoms with Gasteiger partial charge in [-0.1, -0.05) is 60.2 Å². The van der Waals surface area contributed by atoms with Crippen LogP contribution in [0.1, 0.15) is 27.7 Å². The Balaban J connectivity index is 3.92. The lowest BCUT2D eigenvalue weighted by molar-refractivity contribution is 0.385. The molecular weight excluding hydrogens is 374 g/mol. The average Bonchev–Trinajstić information content (AvgIpc) is 2.39. The molecule has 0 spiro atoms. The minimum atomic E-state index is -1.63. The van der Waals surface area contributed by atoms with E-state index in [1.54, 1.807) is 0 Å². The highest BCUT2D eigenvalue weighted by molar-refractivity contribution is 8.73. The Bertz CT molecular complexity index is 297. The normalized spacial score (nSPS) is 17.9. The van der Waals surface area contributed by atoms with Gasteiger partial charge in [-0.15, -0.1) is 11.8 Å². The largest absolute Gasteiger partial charge is 0.342 e. The summed E-state index contributed by atoms with van der Waals surface area (Å²) in [5.41, 5.74) is -3.26. The van der Waals surface area contributed by atoms with Gasteiger partial charge in [-0.3, -0.25) is 0 Å². The van der Waals surface area contributed by atoms with Gasteiger partial charge in [0.1, 0.15) is 10.9 Å². The van der Waals surface area contributed by atoms with Crippen molar-refractivity contribution in [1.29, 1.82) is 0 Å². The number of hydrogen-bond acceptors (Lipinski definition) is 7. The Labute approximate surface area is 141 Å². The second kappa shape index (κ2) is 11.8. The molecule has 0 heterocycles. The number of rotatable bonds is 12. The molecule has 2 atom stereocenters. The summed E-state index contributed by atoms with van der Waals surface area (Å²) in [7, 11) is 0. The maximum absolute atomic E-state index is 5.72. The molecule has 0 aromatic heterocycles.